The highest BCUT2D eigenvalue weighted by atomic mass is 14.9. The molecule has 0 amide bonds. The number of nitrogens with one attached hydrogen (secondary N) is 1. The van der Waals surface area contributed by atoms with E-state index >= 15 is 0 Å². The van der Waals surface area contributed by atoms with Crippen LogP contribution in [-0.4, -0.2) is 11.1 Å². The van der Waals surface area contributed by atoms with E-state index in [0.29, 0.717) is 5.69 Å². The molecule has 0 aliphatic carbocycles. The zero-order valence-electron chi connectivity index (χ0n) is 7.46. The lowest BCUT2D eigenvalue weighted by molar-refractivity contribution is 0.725. The fourth-order valence-electron chi connectivity index (χ4n) is 1.11. The van der Waals surface area contributed by atoms with E-state index in [9.17, 15) is 0 Å². The minimum absolute atomic E-state index is 0.711. The lowest BCUT2D eigenvalue weighted by Gasteiger charge is -1.95. The van der Waals surface area contributed by atoms with E-state index in [-0.39, 0.29) is 0 Å². The molecule has 0 unspecified atom stereocenters. The highest BCUT2D eigenvalue weighted by Gasteiger charge is 2.00. The molecule has 1 aromatic heterocycles. The third-order valence-electron chi connectivity index (χ3n) is 1.76. The lowest BCUT2D eigenvalue weighted by Crippen LogP contribution is -2.10. The van der Waals surface area contributed by atoms with E-state index in [1.807, 2.05) is 23.9 Å². The van der Waals surface area contributed by atoms with Gasteiger partial charge in [-0.05, 0) is 18.2 Å². The predicted octanol–water partition coefficient (Wildman–Crippen LogP) is 1.01. The quantitative estimate of drug-likeness (QED) is 0.722. The van der Waals surface area contributed by atoms with Gasteiger partial charge in [0.05, 0.1) is 0 Å². The van der Waals surface area contributed by atoms with Gasteiger partial charge >= 0.3 is 0 Å². The Labute approximate surface area is 72.6 Å². The third-order valence-corrected chi connectivity index (χ3v) is 1.76. The summed E-state index contributed by atoms with van der Waals surface area (Å²) in [4.78, 5) is 0. The maximum atomic E-state index is 8.67. The molecule has 0 atom stereocenters. The molecule has 64 valence electrons. The summed E-state index contributed by atoms with van der Waals surface area (Å²) in [5, 5.41) is 11.9. The molecule has 0 fully saturated rings. The summed E-state index contributed by atoms with van der Waals surface area (Å²) in [5.41, 5.74) is 1.87. The van der Waals surface area contributed by atoms with Crippen LogP contribution in [0.1, 0.15) is 18.2 Å². The van der Waals surface area contributed by atoms with Gasteiger partial charge in [0.25, 0.3) is 0 Å². The van der Waals surface area contributed by atoms with Gasteiger partial charge in [-0.15, -0.1) is 0 Å². The first kappa shape index (κ1) is 8.82. The third kappa shape index (κ3) is 1.86. The van der Waals surface area contributed by atoms with Crippen molar-refractivity contribution in [3.63, 3.8) is 0 Å². The summed E-state index contributed by atoms with van der Waals surface area (Å²) < 4.78 is 1.84. The van der Waals surface area contributed by atoms with E-state index in [4.69, 9.17) is 5.26 Å². The number of hydrogen-bond acceptors (Lipinski definition) is 2. The van der Waals surface area contributed by atoms with Crippen LogP contribution in [0.3, 0.4) is 0 Å². The van der Waals surface area contributed by atoms with Crippen molar-refractivity contribution in [3.8, 4) is 6.07 Å². The summed E-state index contributed by atoms with van der Waals surface area (Å²) in [6.45, 7) is 3.86. The molecule has 0 aromatic carbocycles. The average Bonchev–Trinajstić information content (AvgIpc) is 2.43. The predicted molar refractivity (Wildman–Crippen MR) is 47.5 cm³/mol. The molecular formula is C9H13N3. The number of rotatable bonds is 3. The molecule has 1 N–H and O–H groups in total. The minimum Gasteiger partial charge on any atom is -0.342 e. The molecule has 3 heteroatoms. The van der Waals surface area contributed by atoms with E-state index in [2.05, 4.69) is 18.3 Å². The minimum atomic E-state index is 0.711. The van der Waals surface area contributed by atoms with Crippen LogP contribution in [0, 0.1) is 11.3 Å². The summed E-state index contributed by atoms with van der Waals surface area (Å²) >= 11 is 0. The molecule has 1 rings (SSSR count). The first-order valence-corrected chi connectivity index (χ1v) is 4.04. The molecule has 0 aliphatic rings. The molecule has 12 heavy (non-hydrogen) atoms. The fourth-order valence-corrected chi connectivity index (χ4v) is 1.11. The summed E-state index contributed by atoms with van der Waals surface area (Å²) in [5.74, 6) is 0. The molecule has 0 radical (unpaired) electrons. The SMILES string of the molecule is CCNCc1cc(C#N)n(C)c1. The van der Waals surface area contributed by atoms with Crippen molar-refractivity contribution in [3.05, 3.63) is 23.5 Å². The van der Waals surface area contributed by atoms with Crippen molar-refractivity contribution < 1.29 is 0 Å². The second kappa shape index (κ2) is 3.93. The van der Waals surface area contributed by atoms with Gasteiger partial charge in [-0.25, -0.2) is 0 Å². The van der Waals surface area contributed by atoms with Crippen molar-refractivity contribution in [2.75, 3.05) is 6.54 Å². The van der Waals surface area contributed by atoms with Crippen molar-refractivity contribution in [2.24, 2.45) is 7.05 Å². The van der Waals surface area contributed by atoms with Crippen LogP contribution in [0.2, 0.25) is 0 Å². The van der Waals surface area contributed by atoms with Crippen LogP contribution in [0.5, 0.6) is 0 Å². The van der Waals surface area contributed by atoms with Crippen LogP contribution < -0.4 is 5.32 Å². The monoisotopic (exact) mass is 163 g/mol. The second-order valence-electron chi connectivity index (χ2n) is 2.74. The number of nitriles is 1. The zero-order chi connectivity index (χ0) is 8.97. The summed E-state index contributed by atoms with van der Waals surface area (Å²) in [6, 6.07) is 4.03. The van der Waals surface area contributed by atoms with Crippen LogP contribution in [0.4, 0.5) is 0 Å². The van der Waals surface area contributed by atoms with Gasteiger partial charge < -0.3 is 9.88 Å². The van der Waals surface area contributed by atoms with Gasteiger partial charge in [0.2, 0.25) is 0 Å². The highest BCUT2D eigenvalue weighted by Crippen LogP contribution is 2.05. The molecule has 0 saturated heterocycles. The first-order chi connectivity index (χ1) is 5.77. The molecule has 1 aromatic rings. The Morgan fingerprint density at radius 1 is 1.67 bits per heavy atom. The number of aromatic nitrogens is 1. The van der Waals surface area contributed by atoms with Crippen LogP contribution in [0.25, 0.3) is 0 Å². The van der Waals surface area contributed by atoms with E-state index in [0.717, 1.165) is 18.7 Å². The standard InChI is InChI=1S/C9H13N3/c1-3-11-6-8-4-9(5-10)12(2)7-8/h4,7,11H,3,6H2,1-2H3. The molecular weight excluding hydrogens is 150 g/mol. The Morgan fingerprint density at radius 2 is 2.42 bits per heavy atom. The fraction of sp³-hybridized carbons (Fsp3) is 0.444. The maximum absolute atomic E-state index is 8.67. The van der Waals surface area contributed by atoms with Gasteiger partial charge in [0.15, 0.2) is 0 Å². The van der Waals surface area contributed by atoms with Crippen molar-refractivity contribution >= 4 is 0 Å². The van der Waals surface area contributed by atoms with Gasteiger partial charge in [-0.1, -0.05) is 6.92 Å². The smallest absolute Gasteiger partial charge is 0.120 e. The summed E-state index contributed by atoms with van der Waals surface area (Å²) in [6.07, 6.45) is 1.97. The topological polar surface area (TPSA) is 40.8 Å². The Kier molecular flexibility index (Phi) is 2.89. The Bertz CT molecular complexity index is 293. The maximum Gasteiger partial charge on any atom is 0.120 e. The number of nitrogens with zero attached hydrogens (tertiary/aromatic N) is 2. The van der Waals surface area contributed by atoms with Gasteiger partial charge in [0.1, 0.15) is 11.8 Å². The van der Waals surface area contributed by atoms with Crippen LogP contribution in [0.15, 0.2) is 12.3 Å². The molecule has 1 heterocycles. The molecule has 0 bridgehead atoms. The van der Waals surface area contributed by atoms with E-state index in [1.54, 1.807) is 0 Å². The Morgan fingerprint density at radius 3 is 2.92 bits per heavy atom. The normalized spacial score (nSPS) is 9.75. The van der Waals surface area contributed by atoms with E-state index < -0.39 is 0 Å². The van der Waals surface area contributed by atoms with Crippen LogP contribution >= 0.6 is 0 Å². The van der Waals surface area contributed by atoms with Crippen LogP contribution in [-0.2, 0) is 13.6 Å². The van der Waals surface area contributed by atoms with Crippen molar-refractivity contribution in [2.45, 2.75) is 13.5 Å². The zero-order valence-corrected chi connectivity index (χ0v) is 7.46. The van der Waals surface area contributed by atoms with Gasteiger partial charge in [0, 0.05) is 19.8 Å². The average molecular weight is 163 g/mol. The van der Waals surface area contributed by atoms with Gasteiger partial charge in [-0.3, -0.25) is 0 Å². The largest absolute Gasteiger partial charge is 0.342 e. The van der Waals surface area contributed by atoms with Gasteiger partial charge in [-0.2, -0.15) is 5.26 Å². The number of aryl methyl sites for hydroxylation is 1. The molecule has 3 nitrogen and oxygen atoms in total. The first-order valence-electron chi connectivity index (χ1n) is 4.04. The lowest BCUT2D eigenvalue weighted by atomic mass is 10.3. The highest BCUT2D eigenvalue weighted by molar-refractivity contribution is 5.28. The molecule has 0 saturated carbocycles. The van der Waals surface area contributed by atoms with E-state index in [1.165, 1.54) is 0 Å². The molecule has 0 spiro atoms. The molecule has 0 aliphatic heterocycles. The Hall–Kier alpha value is -1.27. The summed E-state index contributed by atoms with van der Waals surface area (Å²) in [7, 11) is 1.88. The second-order valence-corrected chi connectivity index (χ2v) is 2.74. The van der Waals surface area contributed by atoms with Crippen molar-refractivity contribution in [1.29, 1.82) is 5.26 Å². The number of hydrogen-bond donors (Lipinski definition) is 1. The van der Waals surface area contributed by atoms with Crippen molar-refractivity contribution in [1.82, 2.24) is 9.88 Å². The Balaban J connectivity index is 2.70.